The van der Waals surface area contributed by atoms with Crippen molar-refractivity contribution in [2.45, 2.75) is 77.3 Å². The second-order valence-corrected chi connectivity index (χ2v) is 13.0. The van der Waals surface area contributed by atoms with E-state index in [0.717, 1.165) is 29.8 Å². The first kappa shape index (κ1) is 35.1. The van der Waals surface area contributed by atoms with Gasteiger partial charge in [-0.25, -0.2) is 4.79 Å². The minimum atomic E-state index is -0.365. The first-order valence-electron chi connectivity index (χ1n) is 15.7. The van der Waals surface area contributed by atoms with Crippen LogP contribution < -0.4 is 11.1 Å². The third kappa shape index (κ3) is 10.4. The van der Waals surface area contributed by atoms with Gasteiger partial charge in [-0.05, 0) is 96.0 Å². The SMILES string of the molecule is CCN(Cc1cc(C(=O)OCCCCCOC(=O)Cc2ccccc2Nc2cccc(Cl)c2Cl)cc(Br)c1N)C1CCCCC1. The van der Waals surface area contributed by atoms with Gasteiger partial charge < -0.3 is 20.5 Å². The average Bonchev–Trinajstić information content (AvgIpc) is 3.04. The van der Waals surface area contributed by atoms with Crippen molar-refractivity contribution in [1.82, 2.24) is 4.90 Å². The lowest BCUT2D eigenvalue weighted by atomic mass is 9.93. The quantitative estimate of drug-likeness (QED) is 0.0919. The van der Waals surface area contributed by atoms with Gasteiger partial charge in [0.1, 0.15) is 0 Å². The molecule has 1 aliphatic carbocycles. The Balaban J connectivity index is 1.18. The van der Waals surface area contributed by atoms with Crippen LogP contribution in [0, 0.1) is 0 Å². The normalized spacial score (nSPS) is 13.5. The van der Waals surface area contributed by atoms with Gasteiger partial charge in [0, 0.05) is 22.7 Å². The van der Waals surface area contributed by atoms with Gasteiger partial charge in [-0.3, -0.25) is 9.69 Å². The van der Waals surface area contributed by atoms with E-state index in [4.69, 9.17) is 38.4 Å². The van der Waals surface area contributed by atoms with Crippen molar-refractivity contribution in [2.24, 2.45) is 0 Å². The van der Waals surface area contributed by atoms with Gasteiger partial charge in [0.15, 0.2) is 0 Å². The fraction of sp³-hybridized carbons (Fsp3) is 0.429. The molecule has 1 saturated carbocycles. The minimum absolute atomic E-state index is 0.120. The molecule has 0 saturated heterocycles. The number of nitrogens with two attached hydrogens (primary N) is 1. The summed E-state index contributed by atoms with van der Waals surface area (Å²) >= 11 is 16.0. The number of hydrogen-bond donors (Lipinski definition) is 2. The largest absolute Gasteiger partial charge is 0.465 e. The summed E-state index contributed by atoms with van der Waals surface area (Å²) in [6.07, 6.45) is 8.49. The topological polar surface area (TPSA) is 93.9 Å². The lowest BCUT2D eigenvalue weighted by Crippen LogP contribution is -2.36. The van der Waals surface area contributed by atoms with E-state index < -0.39 is 0 Å². The van der Waals surface area contributed by atoms with Gasteiger partial charge in [-0.1, -0.05) is 73.7 Å². The molecule has 0 aliphatic heterocycles. The molecule has 0 atom stereocenters. The van der Waals surface area contributed by atoms with Crippen LogP contribution in [-0.4, -0.2) is 42.6 Å². The third-order valence-electron chi connectivity index (χ3n) is 8.18. The van der Waals surface area contributed by atoms with Crippen molar-refractivity contribution in [3.8, 4) is 0 Å². The highest BCUT2D eigenvalue weighted by Gasteiger charge is 2.22. The highest BCUT2D eigenvalue weighted by atomic mass is 79.9. The Kier molecular flexibility index (Phi) is 13.9. The van der Waals surface area contributed by atoms with Crippen LogP contribution in [0.2, 0.25) is 10.0 Å². The summed E-state index contributed by atoms with van der Waals surface area (Å²) in [6, 6.07) is 17.0. The number of nitrogens with one attached hydrogen (secondary N) is 1. The van der Waals surface area contributed by atoms with Crippen LogP contribution in [0.1, 0.15) is 79.8 Å². The highest BCUT2D eigenvalue weighted by Crippen LogP contribution is 2.33. The maximum absolute atomic E-state index is 12.9. The summed E-state index contributed by atoms with van der Waals surface area (Å²) in [4.78, 5) is 27.9. The molecule has 10 heteroatoms. The second kappa shape index (κ2) is 17.8. The first-order chi connectivity index (χ1) is 21.8. The molecule has 45 heavy (non-hydrogen) atoms. The van der Waals surface area contributed by atoms with Crippen LogP contribution in [0.3, 0.4) is 0 Å². The van der Waals surface area contributed by atoms with Gasteiger partial charge >= 0.3 is 11.9 Å². The molecule has 3 aromatic rings. The molecule has 1 fully saturated rings. The van der Waals surface area contributed by atoms with E-state index in [0.29, 0.717) is 70.1 Å². The maximum atomic E-state index is 12.9. The smallest absolute Gasteiger partial charge is 0.338 e. The van der Waals surface area contributed by atoms with E-state index in [9.17, 15) is 9.59 Å². The number of rotatable bonds is 15. The van der Waals surface area contributed by atoms with Gasteiger partial charge in [0.05, 0.1) is 46.6 Å². The molecule has 0 spiro atoms. The Morgan fingerprint density at radius 3 is 2.40 bits per heavy atom. The number of halogens is 3. The van der Waals surface area contributed by atoms with E-state index in [1.54, 1.807) is 18.2 Å². The van der Waals surface area contributed by atoms with Gasteiger partial charge in [0.2, 0.25) is 0 Å². The van der Waals surface area contributed by atoms with Crippen LogP contribution in [0.4, 0.5) is 17.1 Å². The van der Waals surface area contributed by atoms with Gasteiger partial charge in [0.25, 0.3) is 0 Å². The van der Waals surface area contributed by atoms with E-state index in [-0.39, 0.29) is 18.4 Å². The molecule has 0 amide bonds. The zero-order chi connectivity index (χ0) is 32.2. The Labute approximate surface area is 284 Å². The number of benzene rings is 3. The summed E-state index contributed by atoms with van der Waals surface area (Å²) < 4.78 is 11.7. The summed E-state index contributed by atoms with van der Waals surface area (Å²) in [5.74, 6) is -0.682. The Hall–Kier alpha value is -2.78. The monoisotopic (exact) mass is 717 g/mol. The van der Waals surface area contributed by atoms with Gasteiger partial charge in [-0.15, -0.1) is 0 Å². The zero-order valence-electron chi connectivity index (χ0n) is 25.8. The first-order valence-corrected chi connectivity index (χ1v) is 17.2. The van der Waals surface area contributed by atoms with Crippen LogP contribution in [-0.2, 0) is 27.2 Å². The van der Waals surface area contributed by atoms with Gasteiger partial charge in [-0.2, -0.15) is 0 Å². The van der Waals surface area contributed by atoms with Crippen LogP contribution >= 0.6 is 39.1 Å². The molecule has 4 rings (SSSR count). The summed E-state index contributed by atoms with van der Waals surface area (Å²) in [5, 5.41) is 4.12. The summed E-state index contributed by atoms with van der Waals surface area (Å²) in [5.41, 5.74) is 10.7. The number of nitrogen functional groups attached to an aromatic ring is 1. The molecule has 0 bridgehead atoms. The fourth-order valence-electron chi connectivity index (χ4n) is 5.65. The van der Waals surface area contributed by atoms with E-state index in [2.05, 4.69) is 33.1 Å². The zero-order valence-corrected chi connectivity index (χ0v) is 28.9. The number of hydrogen-bond acceptors (Lipinski definition) is 7. The van der Waals surface area contributed by atoms with E-state index in [1.807, 2.05) is 36.4 Å². The molecular formula is C35H42BrCl2N3O4. The number of ether oxygens (including phenoxy) is 2. The summed E-state index contributed by atoms with van der Waals surface area (Å²) in [6.45, 7) is 4.42. The maximum Gasteiger partial charge on any atom is 0.338 e. The molecule has 1 aliphatic rings. The van der Waals surface area contributed by atoms with Crippen LogP contribution in [0.15, 0.2) is 59.1 Å². The van der Waals surface area contributed by atoms with Crippen molar-refractivity contribution < 1.29 is 19.1 Å². The lowest BCUT2D eigenvalue weighted by molar-refractivity contribution is -0.142. The predicted molar refractivity (Wildman–Crippen MR) is 186 cm³/mol. The predicted octanol–water partition coefficient (Wildman–Crippen LogP) is 9.35. The standard InChI is InChI=1S/C35H42BrCl2N3O4/c1-2-41(27-13-5-3-6-14-27)23-26-20-25(21-28(36)34(26)39)35(43)45-19-10-4-9-18-44-32(42)22-24-12-7-8-16-30(24)40-31-17-11-15-29(37)33(31)38/h7-8,11-12,15-17,20-21,27,40H,2-6,9-10,13-14,18-19,22-23,39H2,1H3. The molecule has 3 aromatic carbocycles. The molecule has 0 radical (unpaired) electrons. The Bertz CT molecular complexity index is 1450. The molecule has 3 N–H and O–H groups in total. The Morgan fingerprint density at radius 2 is 1.64 bits per heavy atom. The average molecular weight is 720 g/mol. The fourth-order valence-corrected chi connectivity index (χ4v) is 6.50. The molecule has 0 unspecified atom stereocenters. The Morgan fingerprint density at radius 1 is 0.933 bits per heavy atom. The van der Waals surface area contributed by atoms with Crippen molar-refractivity contribution in [2.75, 3.05) is 30.8 Å². The van der Waals surface area contributed by atoms with Crippen LogP contribution in [0.5, 0.6) is 0 Å². The molecular weight excluding hydrogens is 677 g/mol. The lowest BCUT2D eigenvalue weighted by Gasteiger charge is -2.34. The van der Waals surface area contributed by atoms with Crippen LogP contribution in [0.25, 0.3) is 0 Å². The number of unbranched alkanes of at least 4 members (excludes halogenated alkanes) is 2. The number of nitrogens with zero attached hydrogens (tertiary/aromatic N) is 1. The summed E-state index contributed by atoms with van der Waals surface area (Å²) in [7, 11) is 0. The number of carbonyl (C=O) groups excluding carboxylic acids is 2. The van der Waals surface area contributed by atoms with Crippen molar-refractivity contribution in [3.05, 3.63) is 85.8 Å². The minimum Gasteiger partial charge on any atom is -0.465 e. The molecule has 242 valence electrons. The third-order valence-corrected chi connectivity index (χ3v) is 9.65. The number of anilines is 3. The molecule has 0 heterocycles. The van der Waals surface area contributed by atoms with Crippen molar-refractivity contribution >= 4 is 68.1 Å². The number of carbonyl (C=O) groups is 2. The van der Waals surface area contributed by atoms with E-state index in [1.165, 1.54) is 32.1 Å². The number of esters is 2. The second-order valence-electron chi connectivity index (χ2n) is 11.4. The number of para-hydroxylation sites is 1. The molecule has 0 aromatic heterocycles. The molecule has 7 nitrogen and oxygen atoms in total. The highest BCUT2D eigenvalue weighted by molar-refractivity contribution is 9.10. The van der Waals surface area contributed by atoms with Crippen molar-refractivity contribution in [1.29, 1.82) is 0 Å². The van der Waals surface area contributed by atoms with Crippen molar-refractivity contribution in [3.63, 3.8) is 0 Å². The van der Waals surface area contributed by atoms with E-state index >= 15 is 0 Å².